The van der Waals surface area contributed by atoms with Crippen LogP contribution in [-0.2, 0) is 6.54 Å². The monoisotopic (exact) mass is 310 g/mol. The molecule has 0 spiro atoms. The fraction of sp³-hybridized carbons (Fsp3) is 0.600. The summed E-state index contributed by atoms with van der Waals surface area (Å²) in [4.78, 5) is 3.96. The van der Waals surface area contributed by atoms with Crippen LogP contribution in [0.5, 0.6) is 0 Å². The van der Waals surface area contributed by atoms with E-state index in [1.165, 1.54) is 15.9 Å². The summed E-state index contributed by atoms with van der Waals surface area (Å²) in [6, 6.07) is 2.85. The molecule has 1 aliphatic rings. The molecule has 86 valence electrons. The number of hydrogen-bond donors (Lipinski definition) is 1. The summed E-state index contributed by atoms with van der Waals surface area (Å²) in [5, 5.41) is 5.61. The van der Waals surface area contributed by atoms with E-state index in [-0.39, 0.29) is 12.4 Å². The van der Waals surface area contributed by atoms with Crippen molar-refractivity contribution >= 4 is 39.7 Å². The maximum atomic E-state index is 3.49. The molecule has 15 heavy (non-hydrogen) atoms. The Balaban J connectivity index is 0.00000112. The molecule has 0 amide bonds. The first kappa shape index (κ1) is 13.5. The number of thiophene rings is 1. The lowest BCUT2D eigenvalue weighted by Crippen LogP contribution is -2.48. The summed E-state index contributed by atoms with van der Waals surface area (Å²) in [5.74, 6) is 0. The van der Waals surface area contributed by atoms with Gasteiger partial charge in [-0.1, -0.05) is 0 Å². The van der Waals surface area contributed by atoms with Gasteiger partial charge in [0.2, 0.25) is 0 Å². The molecule has 1 fully saturated rings. The third-order valence-corrected chi connectivity index (χ3v) is 4.14. The Morgan fingerprint density at radius 1 is 1.67 bits per heavy atom. The topological polar surface area (TPSA) is 15.3 Å². The Hall–Kier alpha value is 0.390. The smallest absolute Gasteiger partial charge is 0.0329 e. The lowest BCUT2D eigenvalue weighted by molar-refractivity contribution is 0.201. The van der Waals surface area contributed by atoms with Crippen molar-refractivity contribution in [2.24, 2.45) is 0 Å². The Morgan fingerprint density at radius 3 is 3.07 bits per heavy atom. The van der Waals surface area contributed by atoms with Crippen molar-refractivity contribution in [2.45, 2.75) is 19.5 Å². The van der Waals surface area contributed by atoms with Crippen molar-refractivity contribution in [3.8, 4) is 0 Å². The number of hydrogen-bond acceptors (Lipinski definition) is 3. The quantitative estimate of drug-likeness (QED) is 0.903. The first-order valence-electron chi connectivity index (χ1n) is 4.92. The molecule has 1 aromatic heterocycles. The van der Waals surface area contributed by atoms with E-state index in [2.05, 4.69) is 44.5 Å². The molecule has 0 radical (unpaired) electrons. The van der Waals surface area contributed by atoms with Crippen molar-refractivity contribution < 1.29 is 0 Å². The van der Waals surface area contributed by atoms with Crippen LogP contribution >= 0.6 is 39.7 Å². The van der Waals surface area contributed by atoms with E-state index in [9.17, 15) is 0 Å². The summed E-state index contributed by atoms with van der Waals surface area (Å²) in [5.41, 5.74) is 0. The first-order valence-corrected chi connectivity index (χ1v) is 6.60. The van der Waals surface area contributed by atoms with Crippen LogP contribution in [0, 0.1) is 0 Å². The summed E-state index contributed by atoms with van der Waals surface area (Å²) in [6.45, 7) is 6.79. The third kappa shape index (κ3) is 4.04. The molecular weight excluding hydrogens is 296 g/mol. The first-order chi connectivity index (χ1) is 6.74. The number of halogens is 2. The highest BCUT2D eigenvalue weighted by molar-refractivity contribution is 9.10. The van der Waals surface area contributed by atoms with E-state index in [0.29, 0.717) is 6.04 Å². The molecule has 1 N–H and O–H groups in total. The second kappa shape index (κ2) is 6.21. The van der Waals surface area contributed by atoms with E-state index >= 15 is 0 Å². The van der Waals surface area contributed by atoms with Crippen molar-refractivity contribution in [1.82, 2.24) is 10.2 Å². The number of nitrogens with zero attached hydrogens (tertiary/aromatic N) is 1. The van der Waals surface area contributed by atoms with E-state index in [1.54, 1.807) is 0 Å². The highest BCUT2D eigenvalue weighted by Gasteiger charge is 2.15. The summed E-state index contributed by atoms with van der Waals surface area (Å²) >= 11 is 5.32. The largest absolute Gasteiger partial charge is 0.312 e. The summed E-state index contributed by atoms with van der Waals surface area (Å²) < 4.78 is 1.21. The number of nitrogens with one attached hydrogen (secondary N) is 1. The van der Waals surface area contributed by atoms with Crippen LogP contribution in [0.2, 0.25) is 0 Å². The van der Waals surface area contributed by atoms with Gasteiger partial charge in [0.15, 0.2) is 0 Å². The predicted octanol–water partition coefficient (Wildman–Crippen LogP) is 2.73. The predicted molar refractivity (Wildman–Crippen MR) is 72.0 cm³/mol. The lowest BCUT2D eigenvalue weighted by atomic mass is 10.2. The van der Waals surface area contributed by atoms with Gasteiger partial charge in [0, 0.05) is 47.0 Å². The van der Waals surface area contributed by atoms with E-state index in [4.69, 9.17) is 0 Å². The molecule has 5 heteroatoms. The normalized spacial score (nSPS) is 22.4. The van der Waals surface area contributed by atoms with Gasteiger partial charge < -0.3 is 5.32 Å². The molecule has 2 nitrogen and oxygen atoms in total. The zero-order chi connectivity index (χ0) is 9.97. The van der Waals surface area contributed by atoms with Gasteiger partial charge in [0.1, 0.15) is 0 Å². The molecule has 1 aliphatic heterocycles. The van der Waals surface area contributed by atoms with E-state index in [0.717, 1.165) is 19.6 Å². The third-order valence-electron chi connectivity index (χ3n) is 2.45. The molecule has 0 saturated carbocycles. The summed E-state index contributed by atoms with van der Waals surface area (Å²) in [6.07, 6.45) is 0. The molecule has 0 aromatic carbocycles. The van der Waals surface area contributed by atoms with Crippen LogP contribution in [0.25, 0.3) is 0 Å². The Bertz CT molecular complexity index is 305. The van der Waals surface area contributed by atoms with Crippen molar-refractivity contribution in [1.29, 1.82) is 0 Å². The van der Waals surface area contributed by atoms with Gasteiger partial charge in [-0.25, -0.2) is 0 Å². The average molecular weight is 312 g/mol. The highest BCUT2D eigenvalue weighted by Crippen LogP contribution is 2.21. The second-order valence-electron chi connectivity index (χ2n) is 3.82. The van der Waals surface area contributed by atoms with Crippen molar-refractivity contribution in [2.75, 3.05) is 19.6 Å². The summed E-state index contributed by atoms with van der Waals surface area (Å²) in [7, 11) is 0. The SMILES string of the molecule is CC1CN(Cc2cc(Br)cs2)CCN1.Cl. The van der Waals surface area contributed by atoms with Gasteiger partial charge in [-0.05, 0) is 28.9 Å². The van der Waals surface area contributed by atoms with E-state index in [1.807, 2.05) is 11.3 Å². The molecule has 1 aromatic rings. The van der Waals surface area contributed by atoms with Gasteiger partial charge in [0.05, 0.1) is 0 Å². The second-order valence-corrected chi connectivity index (χ2v) is 5.73. The van der Waals surface area contributed by atoms with Gasteiger partial charge in [-0.2, -0.15) is 0 Å². The van der Waals surface area contributed by atoms with Crippen LogP contribution in [0.3, 0.4) is 0 Å². The Kier molecular flexibility index (Phi) is 5.57. The number of piperazine rings is 1. The minimum atomic E-state index is 0. The highest BCUT2D eigenvalue weighted by atomic mass is 79.9. The van der Waals surface area contributed by atoms with Gasteiger partial charge in [-0.15, -0.1) is 23.7 Å². The molecule has 0 aliphatic carbocycles. The lowest BCUT2D eigenvalue weighted by Gasteiger charge is -2.31. The zero-order valence-electron chi connectivity index (χ0n) is 8.70. The maximum absolute atomic E-state index is 3.49. The molecule has 2 rings (SSSR count). The fourth-order valence-electron chi connectivity index (χ4n) is 1.81. The maximum Gasteiger partial charge on any atom is 0.0329 e. The molecule has 0 bridgehead atoms. The molecule has 1 saturated heterocycles. The standard InChI is InChI=1S/C10H15BrN2S.ClH/c1-8-5-13(3-2-12-8)6-10-4-9(11)7-14-10;/h4,7-8,12H,2-3,5-6H2,1H3;1H. The van der Waals surface area contributed by atoms with Gasteiger partial charge in [0.25, 0.3) is 0 Å². The Labute approximate surface area is 110 Å². The Morgan fingerprint density at radius 2 is 2.47 bits per heavy atom. The number of rotatable bonds is 2. The molecular formula is C10H16BrClN2S. The minimum absolute atomic E-state index is 0. The molecule has 2 heterocycles. The van der Waals surface area contributed by atoms with Crippen LogP contribution in [-0.4, -0.2) is 30.6 Å². The fourth-order valence-corrected chi connectivity index (χ4v) is 3.31. The van der Waals surface area contributed by atoms with Crippen LogP contribution in [0.15, 0.2) is 15.9 Å². The molecule has 1 atom stereocenters. The average Bonchev–Trinajstić information content (AvgIpc) is 2.51. The van der Waals surface area contributed by atoms with Crippen LogP contribution in [0.1, 0.15) is 11.8 Å². The van der Waals surface area contributed by atoms with Crippen molar-refractivity contribution in [3.63, 3.8) is 0 Å². The van der Waals surface area contributed by atoms with Gasteiger partial charge >= 0.3 is 0 Å². The van der Waals surface area contributed by atoms with Crippen LogP contribution < -0.4 is 5.32 Å². The van der Waals surface area contributed by atoms with Gasteiger partial charge in [-0.3, -0.25) is 4.90 Å². The minimum Gasteiger partial charge on any atom is -0.312 e. The van der Waals surface area contributed by atoms with Crippen LogP contribution in [0.4, 0.5) is 0 Å². The van der Waals surface area contributed by atoms with E-state index < -0.39 is 0 Å². The molecule has 1 unspecified atom stereocenters. The van der Waals surface area contributed by atoms with Crippen molar-refractivity contribution in [3.05, 3.63) is 20.8 Å². The zero-order valence-corrected chi connectivity index (χ0v) is 11.9.